The maximum absolute atomic E-state index is 5.91. The summed E-state index contributed by atoms with van der Waals surface area (Å²) in [5.41, 5.74) is 13.7. The fourth-order valence-corrected chi connectivity index (χ4v) is 3.90. The quantitative estimate of drug-likeness (QED) is 0.885. The molecule has 112 valence electrons. The maximum atomic E-state index is 5.91. The lowest BCUT2D eigenvalue weighted by Crippen LogP contribution is -2.40. The number of hydrogen-bond donors (Lipinski definition) is 1. The number of benzene rings is 1. The van der Waals surface area contributed by atoms with Crippen molar-refractivity contribution in [1.29, 1.82) is 0 Å². The average molecular weight is 282 g/mol. The molecule has 1 atom stereocenters. The summed E-state index contributed by atoms with van der Waals surface area (Å²) < 4.78 is 0. The van der Waals surface area contributed by atoms with Gasteiger partial charge in [-0.05, 0) is 68.7 Å². The minimum atomic E-state index is 0.619. The van der Waals surface area contributed by atoms with Crippen molar-refractivity contribution >= 4 is 5.69 Å². The number of nitrogens with two attached hydrogens (primary N) is 1. The lowest BCUT2D eigenvalue weighted by atomic mass is 9.85. The van der Waals surface area contributed by atoms with Crippen LogP contribution in [0.2, 0.25) is 0 Å². The van der Waals surface area contributed by atoms with Crippen molar-refractivity contribution < 1.29 is 0 Å². The molecule has 0 saturated carbocycles. The number of fused-ring (bicyclic) bond motifs is 1. The lowest BCUT2D eigenvalue weighted by molar-refractivity contribution is 0.501. The molecule has 0 spiro atoms. The van der Waals surface area contributed by atoms with Gasteiger partial charge < -0.3 is 10.6 Å². The highest BCUT2D eigenvalue weighted by molar-refractivity contribution is 5.58. The van der Waals surface area contributed by atoms with Crippen LogP contribution < -0.4 is 10.6 Å². The van der Waals surface area contributed by atoms with E-state index in [9.17, 15) is 0 Å². The number of hydrogen-bond acceptors (Lipinski definition) is 2. The van der Waals surface area contributed by atoms with E-state index in [0.29, 0.717) is 6.04 Å². The van der Waals surface area contributed by atoms with Crippen molar-refractivity contribution in [3.63, 3.8) is 0 Å². The van der Waals surface area contributed by atoms with Crippen molar-refractivity contribution in [2.45, 2.75) is 52.0 Å². The van der Waals surface area contributed by atoms with Crippen LogP contribution in [0.5, 0.6) is 0 Å². The van der Waals surface area contributed by atoms with Gasteiger partial charge in [-0.15, -0.1) is 0 Å². The zero-order valence-corrected chi connectivity index (χ0v) is 13.3. The molecule has 0 aromatic heterocycles. The van der Waals surface area contributed by atoms with Crippen LogP contribution in [0.3, 0.4) is 0 Å². The third-order valence-electron chi connectivity index (χ3n) is 5.01. The average Bonchev–Trinajstić information content (AvgIpc) is 2.46. The first kappa shape index (κ1) is 14.2. The summed E-state index contributed by atoms with van der Waals surface area (Å²) >= 11 is 0. The van der Waals surface area contributed by atoms with Crippen LogP contribution in [0.15, 0.2) is 41.6 Å². The molecule has 3 rings (SSSR count). The third kappa shape index (κ3) is 2.72. The number of allylic oxidation sites excluding steroid dienone is 1. The van der Waals surface area contributed by atoms with Gasteiger partial charge in [0.2, 0.25) is 0 Å². The molecule has 1 aliphatic heterocycles. The first-order valence-corrected chi connectivity index (χ1v) is 8.06. The van der Waals surface area contributed by atoms with E-state index < -0.39 is 0 Å². The normalized spacial score (nSPS) is 22.2. The largest absolute Gasteiger partial charge is 0.399 e. The number of nitrogens with zero attached hydrogens (tertiary/aromatic N) is 1. The van der Waals surface area contributed by atoms with Gasteiger partial charge >= 0.3 is 0 Å². The van der Waals surface area contributed by atoms with Crippen molar-refractivity contribution in [2.75, 3.05) is 11.4 Å². The second-order valence-corrected chi connectivity index (χ2v) is 6.61. The second-order valence-electron chi connectivity index (χ2n) is 6.61. The Labute approximate surface area is 128 Å². The summed E-state index contributed by atoms with van der Waals surface area (Å²) in [6.45, 7) is 9.52. The van der Waals surface area contributed by atoms with E-state index in [1.54, 1.807) is 0 Å². The molecule has 0 saturated heterocycles. The topological polar surface area (TPSA) is 29.3 Å². The first-order chi connectivity index (χ1) is 10.1. The summed E-state index contributed by atoms with van der Waals surface area (Å²) in [4.78, 5) is 2.64. The summed E-state index contributed by atoms with van der Waals surface area (Å²) in [6.07, 6.45) is 5.88. The summed E-state index contributed by atoms with van der Waals surface area (Å²) in [5.74, 6) is 0. The molecule has 2 nitrogen and oxygen atoms in total. The molecule has 1 aromatic carbocycles. The monoisotopic (exact) mass is 282 g/mol. The molecule has 1 heterocycles. The Kier molecular flexibility index (Phi) is 3.79. The van der Waals surface area contributed by atoms with Gasteiger partial charge in [0.1, 0.15) is 0 Å². The van der Waals surface area contributed by atoms with Crippen LogP contribution in [0, 0.1) is 6.92 Å². The Bertz CT molecular complexity index is 598. The smallest absolute Gasteiger partial charge is 0.0404 e. The molecule has 2 aliphatic rings. The summed E-state index contributed by atoms with van der Waals surface area (Å²) in [6, 6.07) is 7.54. The highest BCUT2D eigenvalue weighted by Gasteiger charge is 2.28. The molecule has 0 radical (unpaired) electrons. The molecule has 0 unspecified atom stereocenters. The zero-order chi connectivity index (χ0) is 15.0. The summed E-state index contributed by atoms with van der Waals surface area (Å²) in [5, 5.41) is 0. The highest BCUT2D eigenvalue weighted by Crippen LogP contribution is 2.36. The molecule has 1 aliphatic carbocycles. The van der Waals surface area contributed by atoms with E-state index in [-0.39, 0.29) is 0 Å². The van der Waals surface area contributed by atoms with Gasteiger partial charge in [0.05, 0.1) is 0 Å². The molecular formula is C19H26N2. The van der Waals surface area contributed by atoms with Gasteiger partial charge in [0.15, 0.2) is 0 Å². The van der Waals surface area contributed by atoms with Crippen LogP contribution in [0.25, 0.3) is 0 Å². The third-order valence-corrected chi connectivity index (χ3v) is 5.01. The van der Waals surface area contributed by atoms with Gasteiger partial charge in [-0.2, -0.15) is 0 Å². The van der Waals surface area contributed by atoms with Crippen molar-refractivity contribution in [3.8, 4) is 0 Å². The number of aryl methyl sites for hydroxylation is 2. The number of rotatable bonds is 2. The predicted molar refractivity (Wildman–Crippen MR) is 90.5 cm³/mol. The Morgan fingerprint density at radius 2 is 2.10 bits per heavy atom. The van der Waals surface area contributed by atoms with Gasteiger partial charge in [-0.1, -0.05) is 24.3 Å². The lowest BCUT2D eigenvalue weighted by Gasteiger charge is -2.41. The van der Waals surface area contributed by atoms with Crippen LogP contribution in [0.1, 0.15) is 43.7 Å². The maximum Gasteiger partial charge on any atom is 0.0404 e. The van der Waals surface area contributed by atoms with E-state index in [1.165, 1.54) is 53.8 Å². The molecule has 21 heavy (non-hydrogen) atoms. The Hall–Kier alpha value is -1.70. The highest BCUT2D eigenvalue weighted by atomic mass is 15.2. The van der Waals surface area contributed by atoms with Gasteiger partial charge in [0, 0.05) is 24.0 Å². The molecular weight excluding hydrogens is 256 g/mol. The Morgan fingerprint density at radius 1 is 1.29 bits per heavy atom. The fraction of sp³-hybridized carbons (Fsp3) is 0.474. The van der Waals surface area contributed by atoms with Gasteiger partial charge in [-0.25, -0.2) is 0 Å². The first-order valence-electron chi connectivity index (χ1n) is 8.06. The standard InChI is InChI=1S/C19H26N2/c1-13-6-7-16-5-4-10-21(19(16)11-13)17-8-9-18(15(3)20)14(2)12-17/h6-7,11,17H,3-5,8-10,12,20H2,1-2H3/t17-/m0/s1. The predicted octanol–water partition coefficient (Wildman–Crippen LogP) is 4.09. The second kappa shape index (κ2) is 5.59. The van der Waals surface area contributed by atoms with Gasteiger partial charge in [0.25, 0.3) is 0 Å². The van der Waals surface area contributed by atoms with Crippen LogP contribution in [-0.2, 0) is 6.42 Å². The van der Waals surface area contributed by atoms with Gasteiger partial charge in [-0.3, -0.25) is 0 Å². The summed E-state index contributed by atoms with van der Waals surface area (Å²) in [7, 11) is 0. The Balaban J connectivity index is 1.87. The molecule has 0 bridgehead atoms. The van der Waals surface area contributed by atoms with Crippen LogP contribution in [0.4, 0.5) is 5.69 Å². The van der Waals surface area contributed by atoms with Crippen molar-refractivity contribution in [3.05, 3.63) is 52.7 Å². The minimum absolute atomic E-state index is 0.619. The molecule has 0 fully saturated rings. The number of anilines is 1. The molecule has 1 aromatic rings. The molecule has 2 N–H and O–H groups in total. The van der Waals surface area contributed by atoms with E-state index in [1.807, 2.05) is 0 Å². The van der Waals surface area contributed by atoms with Crippen molar-refractivity contribution in [2.24, 2.45) is 5.73 Å². The molecule has 2 heteroatoms. The van der Waals surface area contributed by atoms with E-state index in [0.717, 1.165) is 18.5 Å². The van der Waals surface area contributed by atoms with E-state index in [2.05, 4.69) is 43.5 Å². The van der Waals surface area contributed by atoms with E-state index >= 15 is 0 Å². The SMILES string of the molecule is C=C(N)C1=C(C)C[C@@H](N2CCCc3ccc(C)cc32)CC1. The van der Waals surface area contributed by atoms with Crippen LogP contribution in [-0.4, -0.2) is 12.6 Å². The zero-order valence-electron chi connectivity index (χ0n) is 13.3. The molecule has 0 amide bonds. The van der Waals surface area contributed by atoms with Crippen LogP contribution >= 0.6 is 0 Å². The Morgan fingerprint density at radius 3 is 2.81 bits per heavy atom. The minimum Gasteiger partial charge on any atom is -0.399 e. The van der Waals surface area contributed by atoms with E-state index in [4.69, 9.17) is 5.73 Å². The van der Waals surface area contributed by atoms with Crippen molar-refractivity contribution in [1.82, 2.24) is 0 Å². The fourth-order valence-electron chi connectivity index (χ4n) is 3.90.